The van der Waals surface area contributed by atoms with Gasteiger partial charge in [0.05, 0.1) is 24.5 Å². The van der Waals surface area contributed by atoms with E-state index in [1.165, 1.54) is 11.0 Å². The number of rotatable bonds is 5. The molecule has 0 saturated heterocycles. The standard InChI is InChI=1S/C22H20N2O4S/c1-2-28-19-14-12-18(13-15-19)24-22(25)23(16-17-8-4-3-5-9-17)20-10-6-7-11-21(20)29(24,26)27/h3-15H,2,16H2,1H3. The summed E-state index contributed by atoms with van der Waals surface area (Å²) in [6.07, 6.45) is 0. The molecule has 3 aromatic rings. The Morgan fingerprint density at radius 2 is 1.52 bits per heavy atom. The third-order valence-corrected chi connectivity index (χ3v) is 6.39. The first-order valence-corrected chi connectivity index (χ1v) is 10.7. The number of benzene rings is 3. The molecule has 1 aliphatic heterocycles. The summed E-state index contributed by atoms with van der Waals surface area (Å²) in [7, 11) is -4.03. The summed E-state index contributed by atoms with van der Waals surface area (Å²) < 4.78 is 32.8. The van der Waals surface area contributed by atoms with Crippen LogP contribution in [0.3, 0.4) is 0 Å². The second kappa shape index (κ2) is 7.60. The van der Waals surface area contributed by atoms with Crippen LogP contribution in [0.5, 0.6) is 5.75 Å². The Bertz CT molecular complexity index is 1130. The summed E-state index contributed by atoms with van der Waals surface area (Å²) in [5.74, 6) is 0.611. The second-order valence-electron chi connectivity index (χ2n) is 6.52. The van der Waals surface area contributed by atoms with E-state index in [0.717, 1.165) is 9.87 Å². The molecule has 1 heterocycles. The highest BCUT2D eigenvalue weighted by atomic mass is 32.2. The number of urea groups is 1. The molecule has 0 radical (unpaired) electrons. The molecule has 0 aliphatic carbocycles. The molecule has 0 unspecified atom stereocenters. The van der Waals surface area contributed by atoms with Crippen LogP contribution in [0.1, 0.15) is 12.5 Å². The fraction of sp³-hybridized carbons (Fsp3) is 0.136. The monoisotopic (exact) mass is 408 g/mol. The van der Waals surface area contributed by atoms with Crippen molar-refractivity contribution in [3.05, 3.63) is 84.4 Å². The van der Waals surface area contributed by atoms with Crippen LogP contribution in [0.15, 0.2) is 83.8 Å². The average molecular weight is 408 g/mol. The first kappa shape index (κ1) is 19.0. The quantitative estimate of drug-likeness (QED) is 0.627. The van der Waals surface area contributed by atoms with Crippen molar-refractivity contribution in [3.63, 3.8) is 0 Å². The Morgan fingerprint density at radius 1 is 0.862 bits per heavy atom. The van der Waals surface area contributed by atoms with Gasteiger partial charge in [-0.05, 0) is 48.9 Å². The number of hydrogen-bond donors (Lipinski definition) is 0. The predicted octanol–water partition coefficient (Wildman–Crippen LogP) is 4.42. The minimum Gasteiger partial charge on any atom is -0.494 e. The van der Waals surface area contributed by atoms with Crippen LogP contribution in [0.25, 0.3) is 0 Å². The van der Waals surface area contributed by atoms with Crippen molar-refractivity contribution in [1.82, 2.24) is 0 Å². The molecule has 0 fully saturated rings. The number of nitrogens with zero attached hydrogens (tertiary/aromatic N) is 2. The molecule has 148 valence electrons. The van der Waals surface area contributed by atoms with Gasteiger partial charge in [0.15, 0.2) is 0 Å². The van der Waals surface area contributed by atoms with Gasteiger partial charge >= 0.3 is 6.03 Å². The van der Waals surface area contributed by atoms with Crippen LogP contribution in [0, 0.1) is 0 Å². The van der Waals surface area contributed by atoms with E-state index in [-0.39, 0.29) is 17.1 Å². The minimum absolute atomic E-state index is 0.101. The molecule has 3 aromatic carbocycles. The third-order valence-electron chi connectivity index (χ3n) is 4.64. The Kier molecular flexibility index (Phi) is 4.98. The molecule has 0 aromatic heterocycles. The molecular weight excluding hydrogens is 388 g/mol. The summed E-state index contributed by atoms with van der Waals surface area (Å²) in [6, 6.07) is 21.9. The van der Waals surface area contributed by atoms with Crippen molar-refractivity contribution in [2.75, 3.05) is 15.8 Å². The normalized spacial score (nSPS) is 15.1. The molecule has 0 bridgehead atoms. The van der Waals surface area contributed by atoms with Gasteiger partial charge in [-0.25, -0.2) is 13.2 Å². The third kappa shape index (κ3) is 3.45. The van der Waals surface area contributed by atoms with Crippen LogP contribution >= 0.6 is 0 Å². The van der Waals surface area contributed by atoms with E-state index in [0.29, 0.717) is 18.0 Å². The van der Waals surface area contributed by atoms with Crippen LogP contribution in [0.2, 0.25) is 0 Å². The fourth-order valence-corrected chi connectivity index (χ4v) is 4.92. The molecule has 0 spiro atoms. The molecule has 2 amide bonds. The summed E-state index contributed by atoms with van der Waals surface area (Å²) in [4.78, 5) is 15.0. The lowest BCUT2D eigenvalue weighted by molar-refractivity contribution is 0.253. The van der Waals surface area contributed by atoms with Gasteiger partial charge in [-0.15, -0.1) is 0 Å². The van der Waals surface area contributed by atoms with Crippen molar-refractivity contribution in [2.45, 2.75) is 18.4 Å². The van der Waals surface area contributed by atoms with E-state index in [1.54, 1.807) is 42.5 Å². The van der Waals surface area contributed by atoms with Crippen LogP contribution in [-0.2, 0) is 16.6 Å². The van der Waals surface area contributed by atoms with Crippen LogP contribution < -0.4 is 13.9 Å². The van der Waals surface area contributed by atoms with Gasteiger partial charge in [0.2, 0.25) is 0 Å². The maximum atomic E-state index is 13.4. The SMILES string of the molecule is CCOc1ccc(N2C(=O)N(Cc3ccccc3)c3ccccc3S2(=O)=O)cc1. The maximum Gasteiger partial charge on any atom is 0.343 e. The number of sulfonamides is 1. The molecule has 0 N–H and O–H groups in total. The highest BCUT2D eigenvalue weighted by Gasteiger charge is 2.42. The molecule has 0 saturated carbocycles. The minimum atomic E-state index is -4.03. The van der Waals surface area contributed by atoms with Gasteiger partial charge in [-0.1, -0.05) is 42.5 Å². The molecule has 29 heavy (non-hydrogen) atoms. The molecule has 4 rings (SSSR count). The van der Waals surface area contributed by atoms with Gasteiger partial charge in [-0.3, -0.25) is 4.90 Å². The van der Waals surface area contributed by atoms with Gasteiger partial charge in [0.25, 0.3) is 10.0 Å². The van der Waals surface area contributed by atoms with Gasteiger partial charge in [0.1, 0.15) is 10.6 Å². The number of amides is 2. The van der Waals surface area contributed by atoms with Crippen molar-refractivity contribution < 1.29 is 17.9 Å². The first-order chi connectivity index (χ1) is 14.0. The fourth-order valence-electron chi connectivity index (χ4n) is 3.32. The van der Waals surface area contributed by atoms with Crippen molar-refractivity contribution >= 4 is 27.4 Å². The zero-order chi connectivity index (χ0) is 20.4. The van der Waals surface area contributed by atoms with Crippen molar-refractivity contribution in [3.8, 4) is 5.75 Å². The number of carbonyl (C=O) groups is 1. The topological polar surface area (TPSA) is 66.9 Å². The maximum absolute atomic E-state index is 13.4. The highest BCUT2D eigenvalue weighted by molar-refractivity contribution is 7.94. The van der Waals surface area contributed by atoms with Gasteiger partial charge < -0.3 is 4.74 Å². The summed E-state index contributed by atoms with van der Waals surface area (Å²) in [5.41, 5.74) is 1.55. The van der Waals surface area contributed by atoms with E-state index in [9.17, 15) is 13.2 Å². The van der Waals surface area contributed by atoms with E-state index in [2.05, 4.69) is 0 Å². The average Bonchev–Trinajstić information content (AvgIpc) is 2.73. The van der Waals surface area contributed by atoms with Crippen molar-refractivity contribution in [1.29, 1.82) is 0 Å². The Balaban J connectivity index is 1.81. The zero-order valence-corrected chi connectivity index (χ0v) is 16.7. The molecular formula is C22H20N2O4S. The summed E-state index contributed by atoms with van der Waals surface area (Å²) in [6.45, 7) is 2.63. The van der Waals surface area contributed by atoms with Crippen LogP contribution in [-0.4, -0.2) is 21.1 Å². The van der Waals surface area contributed by atoms with E-state index >= 15 is 0 Å². The van der Waals surface area contributed by atoms with Crippen LogP contribution in [0.4, 0.5) is 16.2 Å². The number of anilines is 2. The smallest absolute Gasteiger partial charge is 0.343 e. The number of fused-ring (bicyclic) bond motifs is 1. The molecule has 0 atom stereocenters. The van der Waals surface area contributed by atoms with Crippen molar-refractivity contribution in [2.24, 2.45) is 0 Å². The molecule has 7 heteroatoms. The summed E-state index contributed by atoms with van der Waals surface area (Å²) >= 11 is 0. The number of ether oxygens (including phenoxy) is 1. The highest BCUT2D eigenvalue weighted by Crippen LogP contribution is 2.38. The van der Waals surface area contributed by atoms with E-state index in [4.69, 9.17) is 4.74 Å². The Hall–Kier alpha value is -3.32. The lowest BCUT2D eigenvalue weighted by atomic mass is 10.2. The lowest BCUT2D eigenvalue weighted by Gasteiger charge is -2.36. The molecule has 1 aliphatic rings. The number of carbonyl (C=O) groups excluding carboxylic acids is 1. The largest absolute Gasteiger partial charge is 0.494 e. The number of para-hydroxylation sites is 1. The Morgan fingerprint density at radius 3 is 2.21 bits per heavy atom. The predicted molar refractivity (Wildman–Crippen MR) is 112 cm³/mol. The van der Waals surface area contributed by atoms with E-state index < -0.39 is 16.1 Å². The lowest BCUT2D eigenvalue weighted by Crippen LogP contribution is -2.50. The second-order valence-corrected chi connectivity index (χ2v) is 8.27. The number of hydrogen-bond acceptors (Lipinski definition) is 4. The molecule has 6 nitrogen and oxygen atoms in total. The summed E-state index contributed by atoms with van der Waals surface area (Å²) in [5, 5.41) is 0. The van der Waals surface area contributed by atoms with Gasteiger partial charge in [0, 0.05) is 0 Å². The zero-order valence-electron chi connectivity index (χ0n) is 15.9. The Labute approximate surface area is 170 Å². The first-order valence-electron chi connectivity index (χ1n) is 9.25. The van der Waals surface area contributed by atoms with E-state index in [1.807, 2.05) is 37.3 Å². The van der Waals surface area contributed by atoms with Gasteiger partial charge in [-0.2, -0.15) is 4.31 Å².